The number of halogens is 1. The van der Waals surface area contributed by atoms with Gasteiger partial charge in [-0.15, -0.1) is 24.0 Å². The molecule has 0 aliphatic carbocycles. The summed E-state index contributed by atoms with van der Waals surface area (Å²) < 4.78 is 5.36. The van der Waals surface area contributed by atoms with Gasteiger partial charge >= 0.3 is 0 Å². The van der Waals surface area contributed by atoms with Gasteiger partial charge in [-0.1, -0.05) is 31.2 Å². The van der Waals surface area contributed by atoms with E-state index in [0.717, 1.165) is 26.0 Å². The fourth-order valence-electron chi connectivity index (χ4n) is 2.30. The van der Waals surface area contributed by atoms with Crippen molar-refractivity contribution in [3.8, 4) is 0 Å². The SMILES string of the molecule is CCOCCCNC(=NCC(=O)N(C)C)NC(C)c1ccc(CC)cc1.I. The molecule has 0 aliphatic heterocycles. The van der Waals surface area contributed by atoms with Crippen molar-refractivity contribution in [3.05, 3.63) is 35.4 Å². The van der Waals surface area contributed by atoms with Crippen molar-refractivity contribution < 1.29 is 9.53 Å². The van der Waals surface area contributed by atoms with Gasteiger partial charge in [-0.3, -0.25) is 4.79 Å². The Morgan fingerprint density at radius 3 is 2.44 bits per heavy atom. The fourth-order valence-corrected chi connectivity index (χ4v) is 2.30. The first kappa shape index (κ1) is 25.6. The lowest BCUT2D eigenvalue weighted by atomic mass is 10.1. The first-order valence-electron chi connectivity index (χ1n) is 9.39. The number of rotatable bonds is 10. The number of carbonyl (C=O) groups excluding carboxylic acids is 1. The minimum Gasteiger partial charge on any atom is -0.382 e. The highest BCUT2D eigenvalue weighted by molar-refractivity contribution is 14.0. The van der Waals surface area contributed by atoms with Gasteiger partial charge in [0.25, 0.3) is 0 Å². The lowest BCUT2D eigenvalue weighted by Gasteiger charge is -2.19. The fraction of sp³-hybridized carbons (Fsp3) is 0.600. The van der Waals surface area contributed by atoms with Crippen LogP contribution in [-0.2, 0) is 16.0 Å². The molecule has 27 heavy (non-hydrogen) atoms. The van der Waals surface area contributed by atoms with E-state index in [-0.39, 0.29) is 42.5 Å². The number of hydrogen-bond acceptors (Lipinski definition) is 3. The van der Waals surface area contributed by atoms with E-state index in [4.69, 9.17) is 4.74 Å². The summed E-state index contributed by atoms with van der Waals surface area (Å²) in [6, 6.07) is 8.65. The second-order valence-electron chi connectivity index (χ2n) is 6.39. The van der Waals surface area contributed by atoms with Crippen molar-refractivity contribution in [3.63, 3.8) is 0 Å². The van der Waals surface area contributed by atoms with Gasteiger partial charge in [-0.2, -0.15) is 0 Å². The second-order valence-corrected chi connectivity index (χ2v) is 6.39. The maximum atomic E-state index is 11.8. The highest BCUT2D eigenvalue weighted by Crippen LogP contribution is 2.13. The van der Waals surface area contributed by atoms with E-state index in [1.54, 1.807) is 19.0 Å². The minimum atomic E-state index is -0.0274. The largest absolute Gasteiger partial charge is 0.382 e. The lowest BCUT2D eigenvalue weighted by Crippen LogP contribution is -2.40. The zero-order valence-corrected chi connectivity index (χ0v) is 19.6. The molecule has 7 heteroatoms. The van der Waals surface area contributed by atoms with E-state index in [1.807, 2.05) is 6.92 Å². The molecule has 0 bridgehead atoms. The third-order valence-corrected chi connectivity index (χ3v) is 4.07. The molecule has 1 aromatic rings. The third kappa shape index (κ3) is 10.5. The number of aryl methyl sites for hydroxylation is 1. The summed E-state index contributed by atoms with van der Waals surface area (Å²) in [7, 11) is 3.47. The number of nitrogens with zero attached hydrogens (tertiary/aromatic N) is 2. The number of hydrogen-bond donors (Lipinski definition) is 2. The van der Waals surface area contributed by atoms with Crippen LogP contribution in [0.1, 0.15) is 44.4 Å². The van der Waals surface area contributed by atoms with Gasteiger partial charge in [0.1, 0.15) is 6.54 Å². The summed E-state index contributed by atoms with van der Waals surface area (Å²) in [6.07, 6.45) is 1.92. The molecule has 0 spiro atoms. The number of guanidine groups is 1. The number of nitrogens with one attached hydrogen (secondary N) is 2. The lowest BCUT2D eigenvalue weighted by molar-refractivity contribution is -0.127. The number of ether oxygens (including phenoxy) is 1. The van der Waals surface area contributed by atoms with Gasteiger partial charge < -0.3 is 20.3 Å². The Labute approximate surface area is 181 Å². The maximum absolute atomic E-state index is 11.8. The van der Waals surface area contributed by atoms with E-state index < -0.39 is 0 Å². The molecular weight excluding hydrogens is 455 g/mol. The predicted octanol–water partition coefficient (Wildman–Crippen LogP) is 2.98. The van der Waals surface area contributed by atoms with Gasteiger partial charge in [-0.05, 0) is 37.8 Å². The Morgan fingerprint density at radius 2 is 1.89 bits per heavy atom. The van der Waals surface area contributed by atoms with Gasteiger partial charge in [0, 0.05) is 33.9 Å². The summed E-state index contributed by atoms with van der Waals surface area (Å²) >= 11 is 0. The standard InChI is InChI=1S/C20H34N4O2.HI/c1-6-17-9-11-18(12-10-17)16(3)23-20(21-13-8-14-26-7-2)22-15-19(25)24(4)5;/h9-12,16H,6-8,13-15H2,1-5H3,(H2,21,22,23);1H. The van der Waals surface area contributed by atoms with Crippen LogP contribution in [0.25, 0.3) is 0 Å². The topological polar surface area (TPSA) is 66.0 Å². The number of benzene rings is 1. The van der Waals surface area contributed by atoms with Crippen LogP contribution >= 0.6 is 24.0 Å². The molecule has 0 saturated heterocycles. The monoisotopic (exact) mass is 490 g/mol. The molecule has 154 valence electrons. The molecule has 0 saturated carbocycles. The van der Waals surface area contributed by atoms with Crippen LogP contribution < -0.4 is 10.6 Å². The molecule has 1 aromatic carbocycles. The Kier molecular flexibility index (Phi) is 13.9. The summed E-state index contributed by atoms with van der Waals surface area (Å²) in [5, 5.41) is 6.67. The van der Waals surface area contributed by atoms with Gasteiger partial charge in [-0.25, -0.2) is 4.99 Å². The number of carbonyl (C=O) groups is 1. The molecule has 1 atom stereocenters. The number of aliphatic imine (C=N–C) groups is 1. The third-order valence-electron chi connectivity index (χ3n) is 4.07. The minimum absolute atomic E-state index is 0. The van der Waals surface area contributed by atoms with Crippen molar-refractivity contribution in [2.45, 2.75) is 39.7 Å². The van der Waals surface area contributed by atoms with Crippen LogP contribution in [0.5, 0.6) is 0 Å². The van der Waals surface area contributed by atoms with Gasteiger partial charge in [0.05, 0.1) is 6.04 Å². The molecule has 0 aromatic heterocycles. The van der Waals surface area contributed by atoms with Crippen molar-refractivity contribution in [2.24, 2.45) is 4.99 Å². The summed E-state index contributed by atoms with van der Waals surface area (Å²) in [6.45, 7) is 8.52. The average Bonchev–Trinajstić information content (AvgIpc) is 2.65. The quantitative estimate of drug-likeness (QED) is 0.229. The van der Waals surface area contributed by atoms with Crippen LogP contribution in [0.15, 0.2) is 29.3 Å². The molecular formula is C20H35IN4O2. The van der Waals surface area contributed by atoms with Gasteiger partial charge in [0.2, 0.25) is 5.91 Å². The molecule has 2 N–H and O–H groups in total. The Bertz CT molecular complexity index is 562. The smallest absolute Gasteiger partial charge is 0.243 e. The summed E-state index contributed by atoms with van der Waals surface area (Å²) in [5.41, 5.74) is 2.51. The number of amides is 1. The van der Waals surface area contributed by atoms with E-state index >= 15 is 0 Å². The normalized spacial score (nSPS) is 12.1. The first-order chi connectivity index (χ1) is 12.5. The molecule has 0 aliphatic rings. The molecule has 0 radical (unpaired) electrons. The highest BCUT2D eigenvalue weighted by Gasteiger charge is 2.09. The molecule has 0 fully saturated rings. The number of likely N-dealkylation sites (N-methyl/N-ethyl adjacent to an activating group) is 1. The first-order valence-corrected chi connectivity index (χ1v) is 9.39. The van der Waals surface area contributed by atoms with E-state index in [2.05, 4.69) is 53.7 Å². The second kappa shape index (κ2) is 14.7. The molecule has 1 unspecified atom stereocenters. The van der Waals surface area contributed by atoms with Crippen LogP contribution in [0.4, 0.5) is 0 Å². The molecule has 1 rings (SSSR count). The van der Waals surface area contributed by atoms with Crippen molar-refractivity contribution >= 4 is 35.8 Å². The van der Waals surface area contributed by atoms with Crippen LogP contribution in [0.2, 0.25) is 0 Å². The van der Waals surface area contributed by atoms with E-state index in [1.165, 1.54) is 11.1 Å². The van der Waals surface area contributed by atoms with Gasteiger partial charge in [0.15, 0.2) is 5.96 Å². The zero-order chi connectivity index (χ0) is 19.4. The summed E-state index contributed by atoms with van der Waals surface area (Å²) in [4.78, 5) is 17.8. The van der Waals surface area contributed by atoms with E-state index in [0.29, 0.717) is 12.6 Å². The molecule has 1 amide bonds. The van der Waals surface area contributed by atoms with E-state index in [9.17, 15) is 4.79 Å². The Hall–Kier alpha value is -1.35. The van der Waals surface area contributed by atoms with Crippen molar-refractivity contribution in [1.29, 1.82) is 0 Å². The van der Waals surface area contributed by atoms with Crippen LogP contribution in [0.3, 0.4) is 0 Å². The zero-order valence-electron chi connectivity index (χ0n) is 17.2. The summed E-state index contributed by atoms with van der Waals surface area (Å²) in [5.74, 6) is 0.615. The Balaban J connectivity index is 0.00000676. The highest BCUT2D eigenvalue weighted by atomic mass is 127. The predicted molar refractivity (Wildman–Crippen MR) is 123 cm³/mol. The Morgan fingerprint density at radius 1 is 1.22 bits per heavy atom. The maximum Gasteiger partial charge on any atom is 0.243 e. The van der Waals surface area contributed by atoms with Crippen molar-refractivity contribution in [2.75, 3.05) is 40.4 Å². The molecule has 0 heterocycles. The average molecular weight is 490 g/mol. The van der Waals surface area contributed by atoms with Crippen LogP contribution in [0, 0.1) is 0 Å². The molecule has 6 nitrogen and oxygen atoms in total. The van der Waals surface area contributed by atoms with Crippen LogP contribution in [-0.4, -0.2) is 57.2 Å². The van der Waals surface area contributed by atoms with Crippen molar-refractivity contribution in [1.82, 2.24) is 15.5 Å².